The molecule has 0 aliphatic rings. The van der Waals surface area contributed by atoms with Crippen molar-refractivity contribution in [3.63, 3.8) is 0 Å². The Balaban J connectivity index is 3.67. The predicted octanol–water partition coefficient (Wildman–Crippen LogP) is 3.95. The van der Waals surface area contributed by atoms with E-state index >= 15 is 0 Å². The molecule has 0 saturated heterocycles. The third kappa shape index (κ3) is 5.90. The van der Waals surface area contributed by atoms with Crippen LogP contribution in [0.2, 0.25) is 0 Å². The zero-order valence-corrected chi connectivity index (χ0v) is 8.01. The molecule has 0 bridgehead atoms. The summed E-state index contributed by atoms with van der Waals surface area (Å²) in [5.41, 5.74) is 0. The highest BCUT2D eigenvalue weighted by molar-refractivity contribution is 4.98. The standard InChI is InChI=1S/C11H20/c1-4-7-8-10-11(6-3)9-5-2/h5,8-11H,4,6-7H2,1-3H3. The largest absolute Gasteiger partial charge is 0.0911 e. The van der Waals surface area contributed by atoms with Crippen LogP contribution in [0, 0.1) is 5.92 Å². The van der Waals surface area contributed by atoms with Crippen LogP contribution in [0.15, 0.2) is 24.3 Å². The zero-order valence-electron chi connectivity index (χ0n) is 8.01. The van der Waals surface area contributed by atoms with Crippen molar-refractivity contribution in [3.05, 3.63) is 24.3 Å². The first-order valence-electron chi connectivity index (χ1n) is 4.64. The molecule has 0 nitrogen and oxygen atoms in total. The van der Waals surface area contributed by atoms with E-state index in [4.69, 9.17) is 0 Å². The molecule has 0 aromatic heterocycles. The van der Waals surface area contributed by atoms with Crippen LogP contribution in [0.3, 0.4) is 0 Å². The summed E-state index contributed by atoms with van der Waals surface area (Å²) in [6.45, 7) is 6.51. The smallest absolute Gasteiger partial charge is 0.00562 e. The van der Waals surface area contributed by atoms with E-state index < -0.39 is 0 Å². The van der Waals surface area contributed by atoms with Crippen LogP contribution in [0.5, 0.6) is 0 Å². The van der Waals surface area contributed by atoms with Gasteiger partial charge >= 0.3 is 0 Å². The second-order valence-corrected chi connectivity index (χ2v) is 2.81. The number of unbranched alkanes of at least 4 members (excludes halogenated alkanes) is 1. The minimum atomic E-state index is 0.659. The lowest BCUT2D eigenvalue weighted by atomic mass is 10.1. The minimum Gasteiger partial charge on any atom is -0.0911 e. The molecule has 0 radical (unpaired) electrons. The number of hydrogen-bond donors (Lipinski definition) is 0. The third-order valence-corrected chi connectivity index (χ3v) is 1.75. The van der Waals surface area contributed by atoms with Crippen LogP contribution < -0.4 is 0 Å². The lowest BCUT2D eigenvalue weighted by molar-refractivity contribution is 0.766. The van der Waals surface area contributed by atoms with Gasteiger partial charge in [-0.3, -0.25) is 0 Å². The van der Waals surface area contributed by atoms with Gasteiger partial charge in [-0.25, -0.2) is 0 Å². The van der Waals surface area contributed by atoms with Crippen molar-refractivity contribution in [2.24, 2.45) is 5.92 Å². The van der Waals surface area contributed by atoms with Crippen LogP contribution in [-0.4, -0.2) is 0 Å². The highest BCUT2D eigenvalue weighted by Gasteiger charge is 1.92. The van der Waals surface area contributed by atoms with Crippen molar-refractivity contribution < 1.29 is 0 Å². The topological polar surface area (TPSA) is 0 Å². The Hall–Kier alpha value is -0.520. The quantitative estimate of drug-likeness (QED) is 0.523. The molecule has 0 aromatic carbocycles. The maximum atomic E-state index is 2.31. The SMILES string of the molecule is CC=CC(C=CCCC)CC. The van der Waals surface area contributed by atoms with E-state index in [1.54, 1.807) is 0 Å². The van der Waals surface area contributed by atoms with Gasteiger partial charge in [-0.2, -0.15) is 0 Å². The van der Waals surface area contributed by atoms with Crippen LogP contribution in [0.25, 0.3) is 0 Å². The number of rotatable bonds is 5. The molecule has 1 unspecified atom stereocenters. The fourth-order valence-electron chi connectivity index (χ4n) is 1.02. The van der Waals surface area contributed by atoms with Gasteiger partial charge in [-0.15, -0.1) is 0 Å². The van der Waals surface area contributed by atoms with E-state index in [2.05, 4.69) is 45.1 Å². The summed E-state index contributed by atoms with van der Waals surface area (Å²) in [4.78, 5) is 0. The lowest BCUT2D eigenvalue weighted by Gasteiger charge is -2.01. The Labute approximate surface area is 71.0 Å². The van der Waals surface area contributed by atoms with E-state index in [0.29, 0.717) is 5.92 Å². The fourth-order valence-corrected chi connectivity index (χ4v) is 1.02. The first-order chi connectivity index (χ1) is 5.35. The van der Waals surface area contributed by atoms with Gasteiger partial charge in [0.2, 0.25) is 0 Å². The van der Waals surface area contributed by atoms with Crippen LogP contribution in [0.1, 0.15) is 40.0 Å². The van der Waals surface area contributed by atoms with Crippen molar-refractivity contribution in [1.82, 2.24) is 0 Å². The van der Waals surface area contributed by atoms with Gasteiger partial charge in [0.15, 0.2) is 0 Å². The minimum absolute atomic E-state index is 0.659. The van der Waals surface area contributed by atoms with Gasteiger partial charge in [-0.05, 0) is 25.7 Å². The van der Waals surface area contributed by atoms with Crippen molar-refractivity contribution >= 4 is 0 Å². The monoisotopic (exact) mass is 152 g/mol. The summed E-state index contributed by atoms with van der Waals surface area (Å²) in [6, 6.07) is 0. The molecule has 0 amide bonds. The van der Waals surface area contributed by atoms with Crippen molar-refractivity contribution in [3.8, 4) is 0 Å². The number of hydrogen-bond acceptors (Lipinski definition) is 0. The van der Waals surface area contributed by atoms with Gasteiger partial charge in [-0.1, -0.05) is 44.6 Å². The number of allylic oxidation sites excluding steroid dienone is 4. The van der Waals surface area contributed by atoms with Gasteiger partial charge in [0.1, 0.15) is 0 Å². The molecule has 11 heavy (non-hydrogen) atoms. The molecule has 0 aliphatic heterocycles. The summed E-state index contributed by atoms with van der Waals surface area (Å²) in [5, 5.41) is 0. The molecule has 0 rings (SSSR count). The first-order valence-corrected chi connectivity index (χ1v) is 4.64. The Morgan fingerprint density at radius 3 is 2.36 bits per heavy atom. The summed E-state index contributed by atoms with van der Waals surface area (Å²) < 4.78 is 0. The maximum Gasteiger partial charge on any atom is -0.00562 e. The molecule has 0 fully saturated rings. The molecule has 0 heteroatoms. The molecule has 1 atom stereocenters. The van der Waals surface area contributed by atoms with Gasteiger partial charge in [0.05, 0.1) is 0 Å². The Morgan fingerprint density at radius 1 is 1.18 bits per heavy atom. The molecule has 0 heterocycles. The highest BCUT2D eigenvalue weighted by atomic mass is 14.0. The second-order valence-electron chi connectivity index (χ2n) is 2.81. The van der Waals surface area contributed by atoms with E-state index in [1.165, 1.54) is 19.3 Å². The van der Waals surface area contributed by atoms with E-state index in [0.717, 1.165) is 0 Å². The fraction of sp³-hybridized carbons (Fsp3) is 0.636. The molecule has 0 N–H and O–H groups in total. The van der Waals surface area contributed by atoms with Gasteiger partial charge in [0.25, 0.3) is 0 Å². The Kier molecular flexibility index (Phi) is 7.23. The molecule has 0 aliphatic carbocycles. The molecular weight excluding hydrogens is 132 g/mol. The second kappa shape index (κ2) is 7.59. The van der Waals surface area contributed by atoms with Crippen LogP contribution in [0.4, 0.5) is 0 Å². The normalized spacial score (nSPS) is 14.8. The summed E-state index contributed by atoms with van der Waals surface area (Å²) in [7, 11) is 0. The summed E-state index contributed by atoms with van der Waals surface area (Å²) in [5.74, 6) is 0.659. The molecule has 0 spiro atoms. The highest BCUT2D eigenvalue weighted by Crippen LogP contribution is 2.07. The summed E-state index contributed by atoms with van der Waals surface area (Å²) >= 11 is 0. The molecular formula is C11H20. The molecule has 0 saturated carbocycles. The van der Waals surface area contributed by atoms with Crippen LogP contribution in [-0.2, 0) is 0 Å². The molecule has 64 valence electrons. The predicted molar refractivity (Wildman–Crippen MR) is 52.6 cm³/mol. The van der Waals surface area contributed by atoms with Crippen LogP contribution >= 0.6 is 0 Å². The average molecular weight is 152 g/mol. The van der Waals surface area contributed by atoms with E-state index in [9.17, 15) is 0 Å². The molecule has 0 aromatic rings. The first kappa shape index (κ1) is 10.5. The van der Waals surface area contributed by atoms with E-state index in [-0.39, 0.29) is 0 Å². The van der Waals surface area contributed by atoms with Crippen molar-refractivity contribution in [2.45, 2.75) is 40.0 Å². The third-order valence-electron chi connectivity index (χ3n) is 1.75. The van der Waals surface area contributed by atoms with Gasteiger partial charge < -0.3 is 0 Å². The Morgan fingerprint density at radius 2 is 1.91 bits per heavy atom. The summed E-state index contributed by atoms with van der Waals surface area (Å²) in [6.07, 6.45) is 12.7. The van der Waals surface area contributed by atoms with E-state index in [1.807, 2.05) is 0 Å². The zero-order chi connectivity index (χ0) is 8.53. The maximum absolute atomic E-state index is 2.31. The Bertz CT molecular complexity index is 120. The van der Waals surface area contributed by atoms with Crippen molar-refractivity contribution in [2.75, 3.05) is 0 Å². The average Bonchev–Trinajstić information content (AvgIpc) is 2.03. The lowest BCUT2D eigenvalue weighted by Crippen LogP contribution is -1.86. The van der Waals surface area contributed by atoms with Gasteiger partial charge in [0, 0.05) is 0 Å². The van der Waals surface area contributed by atoms with Crippen molar-refractivity contribution in [1.29, 1.82) is 0 Å².